The van der Waals surface area contributed by atoms with Gasteiger partial charge in [0, 0.05) is 12.2 Å². The van der Waals surface area contributed by atoms with Crippen LogP contribution >= 0.6 is 0 Å². The summed E-state index contributed by atoms with van der Waals surface area (Å²) in [6, 6.07) is 18.0. The van der Waals surface area contributed by atoms with Crippen LogP contribution in [0.2, 0.25) is 0 Å². The lowest BCUT2D eigenvalue weighted by Gasteiger charge is -2.35. The molecule has 0 aromatic heterocycles. The van der Waals surface area contributed by atoms with Crippen molar-refractivity contribution >= 4 is 23.2 Å². The summed E-state index contributed by atoms with van der Waals surface area (Å²) in [4.78, 5) is 27.3. The SMILES string of the molecule is C[C@@H](C(=O)Nc1ccccc1C#N)N1CCC[C@@H](C(=O)Nc2ccccc2)C1. The molecule has 6 heteroatoms. The Morgan fingerprint density at radius 3 is 2.57 bits per heavy atom. The molecule has 0 bridgehead atoms. The van der Waals surface area contributed by atoms with E-state index < -0.39 is 0 Å². The van der Waals surface area contributed by atoms with E-state index in [4.69, 9.17) is 0 Å². The van der Waals surface area contributed by atoms with E-state index in [1.165, 1.54) is 0 Å². The van der Waals surface area contributed by atoms with Gasteiger partial charge in [-0.05, 0) is 50.6 Å². The molecule has 1 heterocycles. The summed E-state index contributed by atoms with van der Waals surface area (Å²) in [5, 5.41) is 15.0. The van der Waals surface area contributed by atoms with Crippen molar-refractivity contribution in [3.8, 4) is 6.07 Å². The van der Waals surface area contributed by atoms with Crippen molar-refractivity contribution < 1.29 is 9.59 Å². The molecule has 0 saturated carbocycles. The molecule has 2 atom stereocenters. The number of benzene rings is 2. The monoisotopic (exact) mass is 376 g/mol. The number of hydrogen-bond donors (Lipinski definition) is 2. The third kappa shape index (κ3) is 4.76. The van der Waals surface area contributed by atoms with Crippen LogP contribution in [0.1, 0.15) is 25.3 Å². The van der Waals surface area contributed by atoms with Gasteiger partial charge in [0.05, 0.1) is 23.2 Å². The van der Waals surface area contributed by atoms with Crippen LogP contribution in [0.5, 0.6) is 0 Å². The normalized spacial score (nSPS) is 17.9. The van der Waals surface area contributed by atoms with Crippen LogP contribution in [-0.2, 0) is 9.59 Å². The van der Waals surface area contributed by atoms with Gasteiger partial charge >= 0.3 is 0 Å². The zero-order valence-electron chi connectivity index (χ0n) is 15.9. The van der Waals surface area contributed by atoms with Crippen LogP contribution in [0.15, 0.2) is 54.6 Å². The average molecular weight is 376 g/mol. The van der Waals surface area contributed by atoms with Gasteiger partial charge < -0.3 is 10.6 Å². The molecule has 2 amide bonds. The van der Waals surface area contributed by atoms with Gasteiger partial charge in [-0.1, -0.05) is 30.3 Å². The second kappa shape index (κ2) is 9.16. The number of carbonyl (C=O) groups excluding carboxylic acids is 2. The number of amides is 2. The number of carbonyl (C=O) groups is 2. The van der Waals surface area contributed by atoms with Crippen LogP contribution in [0.25, 0.3) is 0 Å². The molecule has 2 aromatic rings. The lowest BCUT2D eigenvalue weighted by atomic mass is 9.95. The maximum Gasteiger partial charge on any atom is 0.241 e. The van der Waals surface area contributed by atoms with E-state index >= 15 is 0 Å². The molecule has 0 aliphatic carbocycles. The Hall–Kier alpha value is -3.17. The summed E-state index contributed by atoms with van der Waals surface area (Å²) in [5.74, 6) is -0.347. The van der Waals surface area contributed by atoms with Crippen molar-refractivity contribution in [3.05, 3.63) is 60.2 Å². The predicted octanol–water partition coefficient (Wildman–Crippen LogP) is 3.24. The molecule has 1 aliphatic heterocycles. The summed E-state index contributed by atoms with van der Waals surface area (Å²) >= 11 is 0. The Balaban J connectivity index is 1.60. The first-order valence-electron chi connectivity index (χ1n) is 9.48. The van der Waals surface area contributed by atoms with Crippen molar-refractivity contribution in [2.75, 3.05) is 23.7 Å². The largest absolute Gasteiger partial charge is 0.326 e. The van der Waals surface area contributed by atoms with Crippen LogP contribution < -0.4 is 10.6 Å². The van der Waals surface area contributed by atoms with E-state index in [1.54, 1.807) is 24.3 Å². The molecule has 0 radical (unpaired) electrons. The van der Waals surface area contributed by atoms with Gasteiger partial charge in [0.2, 0.25) is 11.8 Å². The summed E-state index contributed by atoms with van der Waals surface area (Å²) in [6.07, 6.45) is 1.67. The van der Waals surface area contributed by atoms with E-state index in [0.717, 1.165) is 25.1 Å². The number of rotatable bonds is 5. The number of para-hydroxylation sites is 2. The fourth-order valence-corrected chi connectivity index (χ4v) is 3.43. The summed E-state index contributed by atoms with van der Waals surface area (Å²) in [5.41, 5.74) is 1.72. The fraction of sp³-hybridized carbons (Fsp3) is 0.318. The molecule has 2 aromatic carbocycles. The smallest absolute Gasteiger partial charge is 0.241 e. The Morgan fingerprint density at radius 1 is 1.11 bits per heavy atom. The van der Waals surface area contributed by atoms with Gasteiger partial charge in [-0.3, -0.25) is 14.5 Å². The minimum Gasteiger partial charge on any atom is -0.326 e. The Morgan fingerprint density at radius 2 is 1.82 bits per heavy atom. The Bertz CT molecular complexity index is 876. The lowest BCUT2D eigenvalue weighted by Crippen LogP contribution is -2.49. The van der Waals surface area contributed by atoms with Gasteiger partial charge in [0.25, 0.3) is 0 Å². The highest BCUT2D eigenvalue weighted by Gasteiger charge is 2.31. The van der Waals surface area contributed by atoms with E-state index in [0.29, 0.717) is 17.8 Å². The van der Waals surface area contributed by atoms with Crippen molar-refractivity contribution in [3.63, 3.8) is 0 Å². The number of nitriles is 1. The van der Waals surface area contributed by atoms with Gasteiger partial charge in [0.1, 0.15) is 6.07 Å². The molecule has 144 valence electrons. The van der Waals surface area contributed by atoms with Gasteiger partial charge in [-0.25, -0.2) is 0 Å². The van der Waals surface area contributed by atoms with Crippen molar-refractivity contribution in [2.45, 2.75) is 25.8 Å². The maximum absolute atomic E-state index is 12.7. The zero-order valence-corrected chi connectivity index (χ0v) is 15.9. The molecule has 1 fully saturated rings. The number of anilines is 2. The van der Waals surface area contributed by atoms with Crippen molar-refractivity contribution in [1.29, 1.82) is 5.26 Å². The van der Waals surface area contributed by atoms with Gasteiger partial charge in [-0.15, -0.1) is 0 Å². The fourth-order valence-electron chi connectivity index (χ4n) is 3.43. The summed E-state index contributed by atoms with van der Waals surface area (Å²) < 4.78 is 0. The highest BCUT2D eigenvalue weighted by Crippen LogP contribution is 2.22. The topological polar surface area (TPSA) is 85.2 Å². The first-order valence-corrected chi connectivity index (χ1v) is 9.48. The molecule has 0 spiro atoms. The zero-order chi connectivity index (χ0) is 19.9. The third-order valence-electron chi connectivity index (χ3n) is 5.10. The molecule has 1 aliphatic rings. The standard InChI is InChI=1S/C22H24N4O2/c1-16(21(27)25-20-12-6-5-8-17(20)14-23)26-13-7-9-18(15-26)22(28)24-19-10-3-2-4-11-19/h2-6,8,10-12,16,18H,7,9,13,15H2,1H3,(H,24,28)(H,25,27)/t16-,18+/m0/s1. The average Bonchev–Trinajstić information content (AvgIpc) is 2.74. The third-order valence-corrected chi connectivity index (χ3v) is 5.10. The molecular formula is C22H24N4O2. The van der Waals surface area contributed by atoms with Crippen LogP contribution in [0.4, 0.5) is 11.4 Å². The Labute approximate surface area is 165 Å². The highest BCUT2D eigenvalue weighted by atomic mass is 16.2. The molecule has 1 saturated heterocycles. The van der Waals surface area contributed by atoms with Crippen LogP contribution in [0, 0.1) is 17.2 Å². The summed E-state index contributed by atoms with van der Waals surface area (Å²) in [6.45, 7) is 3.14. The minimum atomic E-state index is -0.390. The van der Waals surface area contributed by atoms with Crippen LogP contribution in [0.3, 0.4) is 0 Å². The predicted molar refractivity (Wildman–Crippen MR) is 109 cm³/mol. The number of likely N-dealkylation sites (tertiary alicyclic amines) is 1. The van der Waals surface area contributed by atoms with E-state index in [1.807, 2.05) is 42.2 Å². The molecule has 0 unspecified atom stereocenters. The Kier molecular flexibility index (Phi) is 6.41. The van der Waals surface area contributed by atoms with E-state index in [2.05, 4.69) is 16.7 Å². The molecular weight excluding hydrogens is 352 g/mol. The second-order valence-corrected chi connectivity index (χ2v) is 7.01. The maximum atomic E-state index is 12.7. The quantitative estimate of drug-likeness (QED) is 0.839. The lowest BCUT2D eigenvalue weighted by molar-refractivity contribution is -0.125. The highest BCUT2D eigenvalue weighted by molar-refractivity contribution is 5.96. The number of piperidine rings is 1. The van der Waals surface area contributed by atoms with Gasteiger partial charge in [0.15, 0.2) is 0 Å². The minimum absolute atomic E-state index is 0.0154. The first-order chi connectivity index (χ1) is 13.6. The van der Waals surface area contributed by atoms with Crippen LogP contribution in [-0.4, -0.2) is 35.8 Å². The molecule has 3 rings (SSSR count). The molecule has 6 nitrogen and oxygen atoms in total. The summed E-state index contributed by atoms with van der Waals surface area (Å²) in [7, 11) is 0. The number of hydrogen-bond acceptors (Lipinski definition) is 4. The van der Waals surface area contributed by atoms with Gasteiger partial charge in [-0.2, -0.15) is 5.26 Å². The van der Waals surface area contributed by atoms with E-state index in [-0.39, 0.29) is 23.8 Å². The number of nitrogens with zero attached hydrogens (tertiary/aromatic N) is 2. The second-order valence-electron chi connectivity index (χ2n) is 7.01. The van der Waals surface area contributed by atoms with E-state index in [9.17, 15) is 14.9 Å². The molecule has 28 heavy (non-hydrogen) atoms. The van der Waals surface area contributed by atoms with Crippen molar-refractivity contribution in [2.24, 2.45) is 5.92 Å². The number of nitrogens with one attached hydrogen (secondary N) is 2. The molecule has 2 N–H and O–H groups in total. The first kappa shape index (κ1) is 19.6. The van der Waals surface area contributed by atoms with Crippen molar-refractivity contribution in [1.82, 2.24) is 4.90 Å².